The number of fused-ring (bicyclic) bond motifs is 1. The van der Waals surface area contributed by atoms with Crippen molar-refractivity contribution >= 4 is 11.0 Å². The number of benzene rings is 1. The number of H-pyrrole nitrogens is 1. The quantitative estimate of drug-likeness (QED) is 0.538. The molecular weight excluding hydrogens is 327 g/mol. The highest BCUT2D eigenvalue weighted by Gasteiger charge is 2.30. The van der Waals surface area contributed by atoms with Crippen LogP contribution in [-0.4, -0.2) is 15.0 Å². The van der Waals surface area contributed by atoms with Gasteiger partial charge in [0.05, 0.1) is 22.3 Å². The van der Waals surface area contributed by atoms with Crippen LogP contribution in [0.4, 0.5) is 13.2 Å². The second kappa shape index (κ2) is 5.73. The molecule has 0 saturated heterocycles. The van der Waals surface area contributed by atoms with Gasteiger partial charge in [0.1, 0.15) is 0 Å². The van der Waals surface area contributed by atoms with Gasteiger partial charge in [-0.05, 0) is 42.0 Å². The van der Waals surface area contributed by atoms with Gasteiger partial charge >= 0.3 is 6.18 Å². The Bertz CT molecular complexity index is 1020. The second-order valence-electron chi connectivity index (χ2n) is 5.59. The van der Waals surface area contributed by atoms with E-state index in [9.17, 15) is 13.2 Å². The minimum atomic E-state index is -4.36. The molecule has 25 heavy (non-hydrogen) atoms. The van der Waals surface area contributed by atoms with E-state index >= 15 is 0 Å². The molecule has 0 fully saturated rings. The van der Waals surface area contributed by atoms with Crippen LogP contribution >= 0.6 is 0 Å². The van der Waals surface area contributed by atoms with Crippen LogP contribution in [0.25, 0.3) is 33.4 Å². The highest BCUT2D eigenvalue weighted by Crippen LogP contribution is 2.38. The third-order valence-electron chi connectivity index (χ3n) is 4.02. The average Bonchev–Trinajstić information content (AvgIpc) is 3.01. The number of halogens is 3. The zero-order valence-electron chi connectivity index (χ0n) is 12.9. The molecular formula is C19H12F3N3. The van der Waals surface area contributed by atoms with Gasteiger partial charge in [-0.25, -0.2) is 0 Å². The van der Waals surface area contributed by atoms with E-state index in [0.29, 0.717) is 11.1 Å². The number of alkyl halides is 3. The first-order chi connectivity index (χ1) is 12.0. The molecule has 0 aliphatic rings. The first kappa shape index (κ1) is 15.4. The van der Waals surface area contributed by atoms with Crippen molar-refractivity contribution in [2.75, 3.05) is 0 Å². The summed E-state index contributed by atoms with van der Waals surface area (Å²) in [6.45, 7) is 0. The molecule has 0 saturated carbocycles. The average molecular weight is 339 g/mol. The van der Waals surface area contributed by atoms with Crippen molar-refractivity contribution in [1.82, 2.24) is 15.0 Å². The molecule has 0 radical (unpaired) electrons. The summed E-state index contributed by atoms with van der Waals surface area (Å²) in [5.74, 6) is 0. The lowest BCUT2D eigenvalue weighted by Gasteiger charge is -2.09. The number of hydrogen-bond donors (Lipinski definition) is 1. The molecule has 0 atom stereocenters. The summed E-state index contributed by atoms with van der Waals surface area (Å²) in [6, 6.07) is 12.5. The Labute approximate surface area is 141 Å². The lowest BCUT2D eigenvalue weighted by atomic mass is 10.00. The summed E-state index contributed by atoms with van der Waals surface area (Å²) >= 11 is 0. The smallest absolute Gasteiger partial charge is 0.353 e. The number of aromatic amines is 1. The zero-order chi connectivity index (χ0) is 17.4. The molecule has 0 amide bonds. The maximum absolute atomic E-state index is 12.8. The monoisotopic (exact) mass is 339 g/mol. The minimum Gasteiger partial charge on any atom is -0.353 e. The third kappa shape index (κ3) is 2.76. The van der Waals surface area contributed by atoms with E-state index in [0.717, 1.165) is 34.5 Å². The molecule has 0 spiro atoms. The fourth-order valence-electron chi connectivity index (χ4n) is 2.86. The van der Waals surface area contributed by atoms with Crippen molar-refractivity contribution in [2.45, 2.75) is 6.18 Å². The lowest BCUT2D eigenvalue weighted by molar-refractivity contribution is -0.137. The number of nitrogens with one attached hydrogen (secondary N) is 1. The highest BCUT2D eigenvalue weighted by molar-refractivity contribution is 6.01. The van der Waals surface area contributed by atoms with Gasteiger partial charge in [0.15, 0.2) is 0 Å². The predicted molar refractivity (Wildman–Crippen MR) is 89.8 cm³/mol. The molecule has 3 nitrogen and oxygen atoms in total. The van der Waals surface area contributed by atoms with Crippen molar-refractivity contribution in [3.05, 3.63) is 72.7 Å². The molecule has 124 valence electrons. The number of nitrogens with zero attached hydrogens (tertiary/aromatic N) is 2. The van der Waals surface area contributed by atoms with E-state index in [2.05, 4.69) is 15.0 Å². The van der Waals surface area contributed by atoms with E-state index in [1.54, 1.807) is 18.6 Å². The summed E-state index contributed by atoms with van der Waals surface area (Å²) in [6.07, 6.45) is 0.653. The Morgan fingerprint density at radius 2 is 1.52 bits per heavy atom. The standard InChI is InChI=1S/C19H12F3N3/c20-19(21,22)14-5-3-12(4-6-14)16-17(13-7-10-23-11-8-13)25-15-2-1-9-24-18(15)16/h1-11,25H. The Balaban J connectivity index is 1.94. The molecule has 4 rings (SSSR count). The molecule has 0 bridgehead atoms. The lowest BCUT2D eigenvalue weighted by Crippen LogP contribution is -2.04. The van der Waals surface area contributed by atoms with Crippen molar-refractivity contribution in [2.24, 2.45) is 0 Å². The molecule has 0 aliphatic carbocycles. The van der Waals surface area contributed by atoms with Crippen LogP contribution in [0.15, 0.2) is 67.1 Å². The van der Waals surface area contributed by atoms with E-state index in [1.165, 1.54) is 12.1 Å². The molecule has 6 heteroatoms. The van der Waals surface area contributed by atoms with Crippen LogP contribution < -0.4 is 0 Å². The fraction of sp³-hybridized carbons (Fsp3) is 0.0526. The summed E-state index contributed by atoms with van der Waals surface area (Å²) in [4.78, 5) is 11.7. The van der Waals surface area contributed by atoms with E-state index < -0.39 is 11.7 Å². The molecule has 3 heterocycles. The Morgan fingerprint density at radius 1 is 0.800 bits per heavy atom. The van der Waals surface area contributed by atoms with Gasteiger partial charge in [-0.15, -0.1) is 0 Å². The number of aromatic nitrogens is 3. The first-order valence-corrected chi connectivity index (χ1v) is 7.59. The summed E-state index contributed by atoms with van der Waals surface area (Å²) < 4.78 is 38.5. The van der Waals surface area contributed by atoms with Crippen molar-refractivity contribution in [3.63, 3.8) is 0 Å². The molecule has 0 unspecified atom stereocenters. The topological polar surface area (TPSA) is 41.6 Å². The van der Waals surface area contributed by atoms with E-state index in [-0.39, 0.29) is 0 Å². The summed E-state index contributed by atoms with van der Waals surface area (Å²) in [5, 5.41) is 0. The van der Waals surface area contributed by atoms with Gasteiger partial charge < -0.3 is 4.98 Å². The van der Waals surface area contributed by atoms with E-state index in [4.69, 9.17) is 0 Å². The van der Waals surface area contributed by atoms with Gasteiger partial charge in [-0.3, -0.25) is 9.97 Å². The van der Waals surface area contributed by atoms with Crippen LogP contribution in [0.2, 0.25) is 0 Å². The maximum atomic E-state index is 12.8. The van der Waals surface area contributed by atoms with Crippen LogP contribution in [0.1, 0.15) is 5.56 Å². The van der Waals surface area contributed by atoms with Crippen LogP contribution in [0.3, 0.4) is 0 Å². The van der Waals surface area contributed by atoms with Gasteiger partial charge in [-0.1, -0.05) is 12.1 Å². The maximum Gasteiger partial charge on any atom is 0.416 e. The third-order valence-corrected chi connectivity index (χ3v) is 4.02. The number of hydrogen-bond acceptors (Lipinski definition) is 2. The van der Waals surface area contributed by atoms with Crippen LogP contribution in [0.5, 0.6) is 0 Å². The Hall–Kier alpha value is -3.15. The SMILES string of the molecule is FC(F)(F)c1ccc(-c2c(-c3ccncc3)[nH]c3cccnc23)cc1. The molecule has 1 aromatic carbocycles. The normalized spacial score (nSPS) is 11.8. The largest absolute Gasteiger partial charge is 0.416 e. The highest BCUT2D eigenvalue weighted by atomic mass is 19.4. The molecule has 4 aromatic rings. The molecule has 1 N–H and O–H groups in total. The Kier molecular flexibility index (Phi) is 3.53. The van der Waals surface area contributed by atoms with Crippen molar-refractivity contribution < 1.29 is 13.2 Å². The van der Waals surface area contributed by atoms with Gasteiger partial charge in [0.2, 0.25) is 0 Å². The Morgan fingerprint density at radius 3 is 2.20 bits per heavy atom. The van der Waals surface area contributed by atoms with Gasteiger partial charge in [0.25, 0.3) is 0 Å². The van der Waals surface area contributed by atoms with Crippen LogP contribution in [-0.2, 0) is 6.18 Å². The number of rotatable bonds is 2. The molecule has 3 aromatic heterocycles. The fourth-order valence-corrected chi connectivity index (χ4v) is 2.86. The summed E-state index contributed by atoms with van der Waals surface area (Å²) in [7, 11) is 0. The van der Waals surface area contributed by atoms with E-state index in [1.807, 2.05) is 24.3 Å². The van der Waals surface area contributed by atoms with Crippen molar-refractivity contribution in [1.29, 1.82) is 0 Å². The van der Waals surface area contributed by atoms with Crippen molar-refractivity contribution in [3.8, 4) is 22.4 Å². The second-order valence-corrected chi connectivity index (χ2v) is 5.59. The first-order valence-electron chi connectivity index (χ1n) is 7.59. The van der Waals surface area contributed by atoms with Gasteiger partial charge in [-0.2, -0.15) is 13.2 Å². The number of pyridine rings is 2. The summed E-state index contributed by atoms with van der Waals surface area (Å²) in [5.41, 5.74) is 4.01. The minimum absolute atomic E-state index is 0.671. The van der Waals surface area contributed by atoms with Gasteiger partial charge in [0, 0.05) is 29.7 Å². The van der Waals surface area contributed by atoms with Crippen LogP contribution in [0, 0.1) is 0 Å². The zero-order valence-corrected chi connectivity index (χ0v) is 12.9. The molecule has 0 aliphatic heterocycles. The predicted octanol–water partition coefficient (Wildman–Crippen LogP) is 5.31.